The lowest BCUT2D eigenvalue weighted by Gasteiger charge is -2.34. The fraction of sp³-hybridized carbons (Fsp3) is 0.833. The van der Waals surface area contributed by atoms with E-state index in [0.29, 0.717) is 19.5 Å². The summed E-state index contributed by atoms with van der Waals surface area (Å²) in [6.45, 7) is 9.03. The summed E-state index contributed by atoms with van der Waals surface area (Å²) in [5, 5.41) is 0. The van der Waals surface area contributed by atoms with Gasteiger partial charge in [0.05, 0.1) is 12.3 Å². The maximum Gasteiger partial charge on any atom is 0.308 e. The highest BCUT2D eigenvalue weighted by atomic mass is 16.6. The molecule has 1 aliphatic rings. The molecule has 1 atom stereocenters. The van der Waals surface area contributed by atoms with Gasteiger partial charge in [0.15, 0.2) is 0 Å². The molecule has 1 saturated heterocycles. The second kappa shape index (κ2) is 9.04. The molecule has 0 radical (unpaired) electrons. The van der Waals surface area contributed by atoms with Crippen molar-refractivity contribution in [3.05, 3.63) is 0 Å². The number of piperidine rings is 1. The lowest BCUT2D eigenvalue weighted by molar-refractivity contribution is -0.155. The number of likely N-dealkylation sites (tertiary alicyclic amines) is 1. The number of amides is 2. The van der Waals surface area contributed by atoms with Crippen LogP contribution < -0.4 is 0 Å². The molecule has 6 nitrogen and oxygen atoms in total. The number of hydrogen-bond donors (Lipinski definition) is 0. The van der Waals surface area contributed by atoms with Crippen LogP contribution in [0.1, 0.15) is 59.8 Å². The third kappa shape index (κ3) is 6.89. The summed E-state index contributed by atoms with van der Waals surface area (Å²) in [4.78, 5) is 39.7. The summed E-state index contributed by atoms with van der Waals surface area (Å²) in [5.41, 5.74) is -0.511. The number of rotatable bonds is 6. The van der Waals surface area contributed by atoms with Crippen LogP contribution in [0.3, 0.4) is 0 Å². The first-order valence-corrected chi connectivity index (χ1v) is 8.88. The fourth-order valence-electron chi connectivity index (χ4n) is 2.85. The average molecular weight is 340 g/mol. The first-order valence-electron chi connectivity index (χ1n) is 8.88. The lowest BCUT2D eigenvalue weighted by atomic mass is 9.96. The van der Waals surface area contributed by atoms with Crippen LogP contribution in [0.15, 0.2) is 0 Å². The third-order valence-corrected chi connectivity index (χ3v) is 4.03. The number of hydrogen-bond acceptors (Lipinski definition) is 4. The zero-order valence-corrected chi connectivity index (χ0v) is 15.8. The highest BCUT2D eigenvalue weighted by Gasteiger charge is 2.30. The zero-order valence-electron chi connectivity index (χ0n) is 15.8. The first-order chi connectivity index (χ1) is 11.1. The second-order valence-corrected chi connectivity index (χ2v) is 7.53. The molecule has 0 unspecified atom stereocenters. The van der Waals surface area contributed by atoms with E-state index < -0.39 is 5.60 Å². The Hall–Kier alpha value is -1.59. The van der Waals surface area contributed by atoms with Crippen molar-refractivity contribution < 1.29 is 19.1 Å². The van der Waals surface area contributed by atoms with Crippen LogP contribution in [0.2, 0.25) is 0 Å². The molecule has 0 bridgehead atoms. The van der Waals surface area contributed by atoms with Crippen molar-refractivity contribution in [2.75, 3.05) is 26.7 Å². The van der Waals surface area contributed by atoms with Crippen LogP contribution in [0.5, 0.6) is 0 Å². The molecule has 1 rings (SSSR count). The van der Waals surface area contributed by atoms with Gasteiger partial charge in [-0.3, -0.25) is 14.4 Å². The van der Waals surface area contributed by atoms with Gasteiger partial charge in [0.25, 0.3) is 0 Å². The van der Waals surface area contributed by atoms with Crippen molar-refractivity contribution in [1.29, 1.82) is 0 Å². The summed E-state index contributed by atoms with van der Waals surface area (Å²) in [6.07, 6.45) is 3.20. The predicted octanol–water partition coefficient (Wildman–Crippen LogP) is 2.22. The molecule has 0 aliphatic carbocycles. The molecular weight excluding hydrogens is 308 g/mol. The van der Waals surface area contributed by atoms with Crippen molar-refractivity contribution in [2.45, 2.75) is 65.4 Å². The second-order valence-electron chi connectivity index (χ2n) is 7.53. The molecule has 138 valence electrons. The van der Waals surface area contributed by atoms with Gasteiger partial charge in [0.1, 0.15) is 5.60 Å². The predicted molar refractivity (Wildman–Crippen MR) is 92.3 cm³/mol. The standard InChI is InChI=1S/C18H32N2O4/c1-6-8-15(21)20-11-7-9-14(13-20)17(23)19(5)12-10-16(22)24-18(2,3)4/h14H,6-13H2,1-5H3/t14-/m1/s1. The Kier molecular flexibility index (Phi) is 7.70. The molecule has 6 heteroatoms. The van der Waals surface area contributed by atoms with Crippen LogP contribution >= 0.6 is 0 Å². The van der Waals surface area contributed by atoms with Gasteiger partial charge in [-0.15, -0.1) is 0 Å². The maximum absolute atomic E-state index is 12.6. The van der Waals surface area contributed by atoms with Gasteiger partial charge in [0, 0.05) is 33.1 Å². The Morgan fingerprint density at radius 3 is 2.46 bits per heavy atom. The molecule has 1 aliphatic heterocycles. The Bertz CT molecular complexity index is 456. The van der Waals surface area contributed by atoms with Gasteiger partial charge in [-0.05, 0) is 40.0 Å². The minimum Gasteiger partial charge on any atom is -0.460 e. The summed E-state index contributed by atoms with van der Waals surface area (Å²) in [5.74, 6) is -0.326. The van der Waals surface area contributed by atoms with Gasteiger partial charge in [-0.25, -0.2) is 0 Å². The summed E-state index contributed by atoms with van der Waals surface area (Å²) in [6, 6.07) is 0. The molecule has 0 N–H and O–H groups in total. The molecular formula is C18H32N2O4. The number of carbonyl (C=O) groups is 3. The van der Waals surface area contributed by atoms with Crippen molar-refractivity contribution in [3.63, 3.8) is 0 Å². The quantitative estimate of drug-likeness (QED) is 0.695. The Morgan fingerprint density at radius 1 is 1.21 bits per heavy atom. The minimum atomic E-state index is -0.511. The van der Waals surface area contributed by atoms with Crippen molar-refractivity contribution in [3.8, 4) is 0 Å². The third-order valence-electron chi connectivity index (χ3n) is 4.03. The molecule has 24 heavy (non-hydrogen) atoms. The minimum absolute atomic E-state index is 0.00700. The van der Waals surface area contributed by atoms with Crippen LogP contribution in [-0.2, 0) is 19.1 Å². The smallest absolute Gasteiger partial charge is 0.308 e. The molecule has 1 heterocycles. The van der Waals surface area contributed by atoms with Crippen molar-refractivity contribution in [1.82, 2.24) is 9.80 Å². The normalized spacial score (nSPS) is 18.2. The van der Waals surface area contributed by atoms with Gasteiger partial charge < -0.3 is 14.5 Å². The Morgan fingerprint density at radius 2 is 1.88 bits per heavy atom. The van der Waals surface area contributed by atoms with E-state index in [9.17, 15) is 14.4 Å². The number of esters is 1. The van der Waals surface area contributed by atoms with E-state index in [1.807, 2.05) is 27.7 Å². The van der Waals surface area contributed by atoms with Crippen LogP contribution in [-0.4, -0.2) is 59.9 Å². The monoisotopic (exact) mass is 340 g/mol. The van der Waals surface area contributed by atoms with Gasteiger partial charge in [-0.2, -0.15) is 0 Å². The van der Waals surface area contributed by atoms with E-state index in [4.69, 9.17) is 4.74 Å². The van der Waals surface area contributed by atoms with Crippen molar-refractivity contribution >= 4 is 17.8 Å². The van der Waals surface area contributed by atoms with E-state index in [0.717, 1.165) is 25.8 Å². The van der Waals surface area contributed by atoms with E-state index in [1.165, 1.54) is 0 Å². The van der Waals surface area contributed by atoms with E-state index in [2.05, 4.69) is 0 Å². The summed E-state index contributed by atoms with van der Waals surface area (Å²) < 4.78 is 5.26. The number of nitrogens with zero attached hydrogens (tertiary/aromatic N) is 2. The number of ether oxygens (including phenoxy) is 1. The Balaban J connectivity index is 2.47. The zero-order chi connectivity index (χ0) is 18.3. The topological polar surface area (TPSA) is 66.9 Å². The Labute approximate surface area is 145 Å². The van der Waals surface area contributed by atoms with E-state index in [-0.39, 0.29) is 30.1 Å². The average Bonchev–Trinajstić information content (AvgIpc) is 2.50. The lowest BCUT2D eigenvalue weighted by Crippen LogP contribution is -2.46. The highest BCUT2D eigenvalue weighted by molar-refractivity contribution is 5.81. The highest BCUT2D eigenvalue weighted by Crippen LogP contribution is 2.20. The van der Waals surface area contributed by atoms with Gasteiger partial charge >= 0.3 is 5.97 Å². The van der Waals surface area contributed by atoms with E-state index in [1.54, 1.807) is 16.8 Å². The van der Waals surface area contributed by atoms with Crippen molar-refractivity contribution in [2.24, 2.45) is 5.92 Å². The largest absolute Gasteiger partial charge is 0.460 e. The van der Waals surface area contributed by atoms with E-state index >= 15 is 0 Å². The summed E-state index contributed by atoms with van der Waals surface area (Å²) in [7, 11) is 1.71. The molecule has 0 aromatic carbocycles. The molecule has 0 saturated carbocycles. The summed E-state index contributed by atoms with van der Waals surface area (Å²) >= 11 is 0. The molecule has 2 amide bonds. The van der Waals surface area contributed by atoms with Gasteiger partial charge in [-0.1, -0.05) is 6.92 Å². The van der Waals surface area contributed by atoms with Gasteiger partial charge in [0.2, 0.25) is 11.8 Å². The molecule has 0 aromatic heterocycles. The first kappa shape index (κ1) is 20.5. The number of carbonyl (C=O) groups excluding carboxylic acids is 3. The molecule has 0 spiro atoms. The molecule has 0 aromatic rings. The SMILES string of the molecule is CCCC(=O)N1CCC[C@@H](C(=O)N(C)CCC(=O)OC(C)(C)C)C1. The van der Waals surface area contributed by atoms with Crippen LogP contribution in [0.25, 0.3) is 0 Å². The fourth-order valence-corrected chi connectivity index (χ4v) is 2.85. The van der Waals surface area contributed by atoms with Crippen LogP contribution in [0, 0.1) is 5.92 Å². The maximum atomic E-state index is 12.6. The van der Waals surface area contributed by atoms with Crippen LogP contribution in [0.4, 0.5) is 0 Å². The molecule has 1 fully saturated rings.